The number of aliphatic carboxylic acids is 1. The molecular formula is C13H16N4O2. The summed E-state index contributed by atoms with van der Waals surface area (Å²) in [5.74, 6) is -0.457. The molecule has 1 fully saturated rings. The van der Waals surface area contributed by atoms with Crippen LogP contribution in [0.1, 0.15) is 37.8 Å². The molecule has 0 aromatic carbocycles. The molecule has 1 aliphatic rings. The summed E-state index contributed by atoms with van der Waals surface area (Å²) in [5, 5.41) is 21.1. The summed E-state index contributed by atoms with van der Waals surface area (Å²) in [7, 11) is 0. The molecule has 1 heterocycles. The minimum atomic E-state index is -0.767. The molecule has 1 aromatic heterocycles. The standard InChI is InChI=1S/C13H16N4O2/c14-8-10-4-7-15-12(17-10)16-9-13(11(18)19)5-2-1-3-6-13/h4,7H,1-3,5-6,9H2,(H,18,19)(H,15,16,17). The number of anilines is 1. The monoisotopic (exact) mass is 260 g/mol. The van der Waals surface area contributed by atoms with Crippen LogP contribution in [0, 0.1) is 16.7 Å². The van der Waals surface area contributed by atoms with E-state index in [0.29, 0.717) is 25.3 Å². The third-order valence-electron chi connectivity index (χ3n) is 3.62. The van der Waals surface area contributed by atoms with Gasteiger partial charge in [0.2, 0.25) is 5.95 Å². The van der Waals surface area contributed by atoms with Crippen LogP contribution in [-0.4, -0.2) is 27.6 Å². The molecule has 0 unspecified atom stereocenters. The van der Waals surface area contributed by atoms with Gasteiger partial charge in [0.25, 0.3) is 0 Å². The number of rotatable bonds is 4. The third-order valence-corrected chi connectivity index (χ3v) is 3.62. The highest BCUT2D eigenvalue weighted by Gasteiger charge is 2.39. The first-order valence-electron chi connectivity index (χ1n) is 6.37. The molecule has 0 bridgehead atoms. The van der Waals surface area contributed by atoms with E-state index >= 15 is 0 Å². The largest absolute Gasteiger partial charge is 0.481 e. The third kappa shape index (κ3) is 2.99. The summed E-state index contributed by atoms with van der Waals surface area (Å²) >= 11 is 0. The zero-order valence-corrected chi connectivity index (χ0v) is 10.6. The van der Waals surface area contributed by atoms with Gasteiger partial charge in [-0.2, -0.15) is 5.26 Å². The zero-order chi connectivity index (χ0) is 13.7. The van der Waals surface area contributed by atoms with E-state index in [1.54, 1.807) is 0 Å². The van der Waals surface area contributed by atoms with Gasteiger partial charge in [-0.05, 0) is 18.9 Å². The number of nitrogens with one attached hydrogen (secondary N) is 1. The predicted octanol–water partition coefficient (Wildman–Crippen LogP) is 1.80. The molecule has 0 amide bonds. The van der Waals surface area contributed by atoms with Crippen molar-refractivity contribution in [3.63, 3.8) is 0 Å². The topological polar surface area (TPSA) is 98.9 Å². The van der Waals surface area contributed by atoms with Gasteiger partial charge in [-0.3, -0.25) is 4.79 Å². The highest BCUT2D eigenvalue weighted by molar-refractivity contribution is 5.75. The van der Waals surface area contributed by atoms with Gasteiger partial charge in [0.1, 0.15) is 11.8 Å². The fraction of sp³-hybridized carbons (Fsp3) is 0.538. The second-order valence-corrected chi connectivity index (χ2v) is 4.88. The highest BCUT2D eigenvalue weighted by atomic mass is 16.4. The minimum absolute atomic E-state index is 0.269. The van der Waals surface area contributed by atoms with Gasteiger partial charge >= 0.3 is 5.97 Å². The molecule has 1 saturated carbocycles. The summed E-state index contributed by atoms with van der Waals surface area (Å²) in [6, 6.07) is 3.44. The number of nitriles is 1. The molecular weight excluding hydrogens is 244 g/mol. The van der Waals surface area contributed by atoms with E-state index in [1.165, 1.54) is 12.3 Å². The Morgan fingerprint density at radius 2 is 2.21 bits per heavy atom. The molecule has 0 aliphatic heterocycles. The van der Waals surface area contributed by atoms with E-state index in [9.17, 15) is 9.90 Å². The van der Waals surface area contributed by atoms with Crippen molar-refractivity contribution in [2.75, 3.05) is 11.9 Å². The molecule has 1 aliphatic carbocycles. The van der Waals surface area contributed by atoms with Crippen molar-refractivity contribution >= 4 is 11.9 Å². The van der Waals surface area contributed by atoms with Crippen LogP contribution in [0.4, 0.5) is 5.95 Å². The van der Waals surface area contributed by atoms with Crippen molar-refractivity contribution in [3.05, 3.63) is 18.0 Å². The van der Waals surface area contributed by atoms with Crippen LogP contribution in [0.3, 0.4) is 0 Å². The molecule has 0 radical (unpaired) electrons. The lowest BCUT2D eigenvalue weighted by Gasteiger charge is -2.33. The average molecular weight is 260 g/mol. The Labute approximate surface area is 111 Å². The van der Waals surface area contributed by atoms with E-state index < -0.39 is 11.4 Å². The van der Waals surface area contributed by atoms with Crippen molar-refractivity contribution in [3.8, 4) is 6.07 Å². The molecule has 0 atom stereocenters. The first kappa shape index (κ1) is 13.3. The SMILES string of the molecule is N#Cc1ccnc(NCC2(C(=O)O)CCCCC2)n1. The normalized spacial score (nSPS) is 17.4. The van der Waals surface area contributed by atoms with Crippen LogP contribution in [0.25, 0.3) is 0 Å². The van der Waals surface area contributed by atoms with Crippen molar-refractivity contribution < 1.29 is 9.90 Å². The first-order valence-corrected chi connectivity index (χ1v) is 6.37. The quantitative estimate of drug-likeness (QED) is 0.856. The molecule has 0 saturated heterocycles. The zero-order valence-electron chi connectivity index (χ0n) is 10.6. The first-order chi connectivity index (χ1) is 9.16. The number of aromatic nitrogens is 2. The Balaban J connectivity index is 2.06. The number of hydrogen-bond acceptors (Lipinski definition) is 5. The Morgan fingerprint density at radius 1 is 1.47 bits per heavy atom. The molecule has 0 spiro atoms. The fourth-order valence-electron chi connectivity index (χ4n) is 2.45. The Bertz CT molecular complexity index is 504. The lowest BCUT2D eigenvalue weighted by Crippen LogP contribution is -2.40. The van der Waals surface area contributed by atoms with Gasteiger partial charge in [0, 0.05) is 12.7 Å². The highest BCUT2D eigenvalue weighted by Crippen LogP contribution is 2.36. The smallest absolute Gasteiger partial charge is 0.311 e. The van der Waals surface area contributed by atoms with Crippen molar-refractivity contribution in [2.45, 2.75) is 32.1 Å². The van der Waals surface area contributed by atoms with Crippen molar-refractivity contribution in [2.24, 2.45) is 5.41 Å². The maximum absolute atomic E-state index is 11.5. The van der Waals surface area contributed by atoms with Crippen LogP contribution in [-0.2, 0) is 4.79 Å². The van der Waals surface area contributed by atoms with Crippen LogP contribution < -0.4 is 5.32 Å². The number of carboxylic acid groups (broad SMARTS) is 1. The van der Waals surface area contributed by atoms with Gasteiger partial charge in [0.05, 0.1) is 5.41 Å². The molecule has 6 nitrogen and oxygen atoms in total. The second kappa shape index (κ2) is 5.65. The van der Waals surface area contributed by atoms with E-state index in [0.717, 1.165) is 19.3 Å². The lowest BCUT2D eigenvalue weighted by atomic mass is 9.74. The molecule has 1 aromatic rings. The maximum atomic E-state index is 11.5. The molecule has 100 valence electrons. The maximum Gasteiger partial charge on any atom is 0.311 e. The Morgan fingerprint density at radius 3 is 2.84 bits per heavy atom. The summed E-state index contributed by atoms with van der Waals surface area (Å²) in [6.07, 6.45) is 5.80. The van der Waals surface area contributed by atoms with Crippen molar-refractivity contribution in [1.82, 2.24) is 9.97 Å². The number of nitrogens with zero attached hydrogens (tertiary/aromatic N) is 3. The molecule has 19 heavy (non-hydrogen) atoms. The summed E-state index contributed by atoms with van der Waals surface area (Å²) < 4.78 is 0. The van der Waals surface area contributed by atoms with Gasteiger partial charge in [0.15, 0.2) is 0 Å². The fourth-order valence-corrected chi connectivity index (χ4v) is 2.45. The molecule has 2 rings (SSSR count). The van der Waals surface area contributed by atoms with Crippen LogP contribution in [0.2, 0.25) is 0 Å². The van der Waals surface area contributed by atoms with E-state index in [2.05, 4.69) is 15.3 Å². The Hall–Kier alpha value is -2.16. The summed E-state index contributed by atoms with van der Waals surface area (Å²) in [5.41, 5.74) is -0.463. The minimum Gasteiger partial charge on any atom is -0.481 e. The van der Waals surface area contributed by atoms with Crippen LogP contribution in [0.5, 0.6) is 0 Å². The van der Waals surface area contributed by atoms with E-state index in [4.69, 9.17) is 5.26 Å². The summed E-state index contributed by atoms with van der Waals surface area (Å²) in [4.78, 5) is 19.5. The number of carboxylic acids is 1. The lowest BCUT2D eigenvalue weighted by molar-refractivity contribution is -0.150. The summed E-state index contributed by atoms with van der Waals surface area (Å²) in [6.45, 7) is 0.303. The number of hydrogen-bond donors (Lipinski definition) is 2. The second-order valence-electron chi connectivity index (χ2n) is 4.88. The van der Waals surface area contributed by atoms with Gasteiger partial charge in [-0.25, -0.2) is 9.97 Å². The average Bonchev–Trinajstić information content (AvgIpc) is 2.46. The van der Waals surface area contributed by atoms with Crippen molar-refractivity contribution in [1.29, 1.82) is 5.26 Å². The van der Waals surface area contributed by atoms with Gasteiger partial charge < -0.3 is 10.4 Å². The van der Waals surface area contributed by atoms with E-state index in [1.807, 2.05) is 6.07 Å². The predicted molar refractivity (Wildman–Crippen MR) is 68.4 cm³/mol. The van der Waals surface area contributed by atoms with Gasteiger partial charge in [-0.1, -0.05) is 19.3 Å². The Kier molecular flexibility index (Phi) is 3.95. The van der Waals surface area contributed by atoms with Gasteiger partial charge in [-0.15, -0.1) is 0 Å². The number of carbonyl (C=O) groups is 1. The van der Waals surface area contributed by atoms with Crippen LogP contribution >= 0.6 is 0 Å². The molecule has 2 N–H and O–H groups in total. The van der Waals surface area contributed by atoms with Crippen LogP contribution in [0.15, 0.2) is 12.3 Å². The van der Waals surface area contributed by atoms with E-state index in [-0.39, 0.29) is 5.69 Å². The molecule has 6 heteroatoms.